The van der Waals surface area contributed by atoms with Gasteiger partial charge in [-0.25, -0.2) is 4.79 Å². The standard InChI is InChI=1S/C13H26N2O5/c1-9(2)10(11(16)17)15(6)7-8-19-14-12(18)20-13(3,4)5/h9-10H,7-8H2,1-6H3,(H,14,18)(H,16,17)/t10-/m0/s1. The highest BCUT2D eigenvalue weighted by Gasteiger charge is 2.25. The Morgan fingerprint density at radius 2 is 1.85 bits per heavy atom. The average molecular weight is 290 g/mol. The molecular formula is C13H26N2O5. The van der Waals surface area contributed by atoms with Crippen molar-refractivity contribution in [1.29, 1.82) is 0 Å². The summed E-state index contributed by atoms with van der Waals surface area (Å²) >= 11 is 0. The van der Waals surface area contributed by atoms with Crippen molar-refractivity contribution < 1.29 is 24.3 Å². The van der Waals surface area contributed by atoms with Gasteiger partial charge in [-0.2, -0.15) is 5.48 Å². The molecule has 0 aliphatic heterocycles. The Morgan fingerprint density at radius 1 is 1.30 bits per heavy atom. The van der Waals surface area contributed by atoms with Crippen LogP contribution in [0, 0.1) is 5.92 Å². The van der Waals surface area contributed by atoms with E-state index in [9.17, 15) is 9.59 Å². The maximum absolute atomic E-state index is 11.3. The number of carboxylic acid groups (broad SMARTS) is 1. The molecule has 7 nitrogen and oxygen atoms in total. The summed E-state index contributed by atoms with van der Waals surface area (Å²) in [6.07, 6.45) is -0.668. The van der Waals surface area contributed by atoms with Gasteiger partial charge in [-0.3, -0.25) is 14.5 Å². The summed E-state index contributed by atoms with van der Waals surface area (Å²) < 4.78 is 4.99. The molecule has 1 atom stereocenters. The summed E-state index contributed by atoms with van der Waals surface area (Å²) in [6, 6.07) is -0.583. The Kier molecular flexibility index (Phi) is 7.52. The van der Waals surface area contributed by atoms with E-state index in [2.05, 4.69) is 5.48 Å². The molecule has 0 saturated carbocycles. The molecule has 1 amide bonds. The topological polar surface area (TPSA) is 88.1 Å². The first-order valence-electron chi connectivity index (χ1n) is 6.58. The van der Waals surface area contributed by atoms with Gasteiger partial charge in [0, 0.05) is 6.54 Å². The van der Waals surface area contributed by atoms with Crippen LogP contribution in [0.5, 0.6) is 0 Å². The van der Waals surface area contributed by atoms with Crippen molar-refractivity contribution in [3.05, 3.63) is 0 Å². The first-order chi connectivity index (χ1) is 9.04. The number of nitrogens with one attached hydrogen (secondary N) is 1. The van der Waals surface area contributed by atoms with Gasteiger partial charge in [0.15, 0.2) is 0 Å². The number of nitrogens with zero attached hydrogens (tertiary/aromatic N) is 1. The highest BCUT2D eigenvalue weighted by molar-refractivity contribution is 5.73. The molecular weight excluding hydrogens is 264 g/mol. The van der Waals surface area contributed by atoms with Gasteiger partial charge in [0.05, 0.1) is 6.61 Å². The maximum atomic E-state index is 11.3. The van der Waals surface area contributed by atoms with Gasteiger partial charge in [0.2, 0.25) is 0 Å². The van der Waals surface area contributed by atoms with Crippen LogP contribution in [0.3, 0.4) is 0 Å². The third-order valence-corrected chi connectivity index (χ3v) is 2.46. The molecule has 7 heteroatoms. The molecule has 0 unspecified atom stereocenters. The second kappa shape index (κ2) is 8.06. The third-order valence-electron chi connectivity index (χ3n) is 2.46. The van der Waals surface area contributed by atoms with Gasteiger partial charge < -0.3 is 9.84 Å². The van der Waals surface area contributed by atoms with Gasteiger partial charge in [0.1, 0.15) is 11.6 Å². The number of hydroxylamine groups is 1. The Bertz CT molecular complexity index is 325. The predicted octanol–water partition coefficient (Wildman–Crippen LogP) is 1.48. The van der Waals surface area contributed by atoms with Crippen molar-refractivity contribution in [2.45, 2.75) is 46.3 Å². The fraction of sp³-hybridized carbons (Fsp3) is 0.846. The summed E-state index contributed by atoms with van der Waals surface area (Å²) in [4.78, 5) is 29.0. The fourth-order valence-corrected chi connectivity index (χ4v) is 1.72. The fourth-order valence-electron chi connectivity index (χ4n) is 1.72. The van der Waals surface area contributed by atoms with Crippen LogP contribution in [-0.2, 0) is 14.4 Å². The van der Waals surface area contributed by atoms with Crippen molar-refractivity contribution in [2.75, 3.05) is 20.2 Å². The Balaban J connectivity index is 4.00. The van der Waals surface area contributed by atoms with Crippen molar-refractivity contribution >= 4 is 12.1 Å². The van der Waals surface area contributed by atoms with Crippen molar-refractivity contribution in [3.63, 3.8) is 0 Å². The van der Waals surface area contributed by atoms with E-state index in [1.165, 1.54) is 0 Å². The lowest BCUT2D eigenvalue weighted by molar-refractivity contribution is -0.144. The van der Waals surface area contributed by atoms with E-state index < -0.39 is 23.7 Å². The van der Waals surface area contributed by atoms with Crippen LogP contribution < -0.4 is 5.48 Å². The zero-order valence-electron chi connectivity index (χ0n) is 13.1. The first-order valence-corrected chi connectivity index (χ1v) is 6.58. The molecule has 0 fully saturated rings. The minimum Gasteiger partial charge on any atom is -0.480 e. The summed E-state index contributed by atoms with van der Waals surface area (Å²) in [5, 5.41) is 9.11. The molecule has 0 aromatic rings. The zero-order valence-corrected chi connectivity index (χ0v) is 13.1. The van der Waals surface area contributed by atoms with Crippen molar-refractivity contribution in [3.8, 4) is 0 Å². The number of likely N-dealkylation sites (N-methyl/N-ethyl adjacent to an activating group) is 1. The molecule has 0 radical (unpaired) electrons. The molecule has 0 aliphatic carbocycles. The lowest BCUT2D eigenvalue weighted by Gasteiger charge is -2.27. The number of aliphatic carboxylic acids is 1. The second-order valence-electron chi connectivity index (χ2n) is 5.96. The number of hydrogen-bond acceptors (Lipinski definition) is 5. The highest BCUT2D eigenvalue weighted by atomic mass is 16.7. The number of hydrogen-bond donors (Lipinski definition) is 2. The highest BCUT2D eigenvalue weighted by Crippen LogP contribution is 2.09. The number of ether oxygens (including phenoxy) is 1. The largest absolute Gasteiger partial charge is 0.480 e. The minimum absolute atomic E-state index is 0.0173. The van der Waals surface area contributed by atoms with E-state index in [0.717, 1.165) is 0 Å². The minimum atomic E-state index is -0.873. The van der Waals surface area contributed by atoms with Gasteiger partial charge in [-0.1, -0.05) is 13.8 Å². The molecule has 0 bridgehead atoms. The molecule has 0 aliphatic rings. The van der Waals surface area contributed by atoms with Gasteiger partial charge in [-0.05, 0) is 33.7 Å². The van der Waals surface area contributed by atoms with E-state index in [4.69, 9.17) is 14.7 Å². The number of carbonyl (C=O) groups excluding carboxylic acids is 1. The van der Waals surface area contributed by atoms with Crippen LogP contribution in [0.4, 0.5) is 4.79 Å². The van der Waals surface area contributed by atoms with Gasteiger partial charge in [0.25, 0.3) is 0 Å². The van der Waals surface area contributed by atoms with Crippen LogP contribution in [0.2, 0.25) is 0 Å². The summed E-state index contributed by atoms with van der Waals surface area (Å²) in [5.74, 6) is -0.890. The maximum Gasteiger partial charge on any atom is 0.431 e. The van der Waals surface area contributed by atoms with Crippen molar-refractivity contribution in [2.24, 2.45) is 5.92 Å². The van der Waals surface area contributed by atoms with Crippen LogP contribution in [0.25, 0.3) is 0 Å². The smallest absolute Gasteiger partial charge is 0.431 e. The Hall–Kier alpha value is -1.34. The zero-order chi connectivity index (χ0) is 15.9. The number of carbonyl (C=O) groups is 2. The molecule has 2 N–H and O–H groups in total. The molecule has 0 rings (SSSR count). The predicted molar refractivity (Wildman–Crippen MR) is 74.2 cm³/mol. The average Bonchev–Trinajstić information content (AvgIpc) is 2.20. The van der Waals surface area contributed by atoms with Crippen LogP contribution in [0.15, 0.2) is 0 Å². The van der Waals surface area contributed by atoms with Gasteiger partial charge in [-0.15, -0.1) is 0 Å². The van der Waals surface area contributed by atoms with E-state index in [-0.39, 0.29) is 12.5 Å². The number of rotatable bonds is 7. The second-order valence-corrected chi connectivity index (χ2v) is 5.96. The van der Waals surface area contributed by atoms with E-state index in [1.54, 1.807) is 32.7 Å². The van der Waals surface area contributed by atoms with Crippen LogP contribution in [0.1, 0.15) is 34.6 Å². The summed E-state index contributed by atoms with van der Waals surface area (Å²) in [7, 11) is 1.70. The molecule has 0 heterocycles. The van der Waals surface area contributed by atoms with E-state index in [0.29, 0.717) is 6.54 Å². The molecule has 118 valence electrons. The monoisotopic (exact) mass is 290 g/mol. The Labute approximate surface area is 120 Å². The quantitative estimate of drug-likeness (QED) is 0.545. The summed E-state index contributed by atoms with van der Waals surface area (Å²) in [5.41, 5.74) is 1.57. The Morgan fingerprint density at radius 3 is 2.25 bits per heavy atom. The SMILES string of the molecule is CC(C)[C@@H](C(=O)O)N(C)CCONC(=O)OC(C)(C)C. The lowest BCUT2D eigenvalue weighted by Crippen LogP contribution is -2.44. The molecule has 0 aromatic carbocycles. The molecule has 0 aromatic heterocycles. The molecule has 0 saturated heterocycles. The lowest BCUT2D eigenvalue weighted by atomic mass is 10.0. The van der Waals surface area contributed by atoms with E-state index >= 15 is 0 Å². The van der Waals surface area contributed by atoms with Crippen molar-refractivity contribution in [1.82, 2.24) is 10.4 Å². The number of amides is 1. The molecule has 20 heavy (non-hydrogen) atoms. The first kappa shape index (κ1) is 18.7. The van der Waals surface area contributed by atoms with Crippen LogP contribution in [-0.4, -0.2) is 53.9 Å². The van der Waals surface area contributed by atoms with E-state index in [1.807, 2.05) is 13.8 Å². The normalized spacial score (nSPS) is 13.4. The van der Waals surface area contributed by atoms with Crippen LogP contribution >= 0.6 is 0 Å². The third kappa shape index (κ3) is 7.96. The summed E-state index contributed by atoms with van der Waals surface area (Å²) in [6.45, 7) is 9.49. The number of carboxylic acids is 1. The van der Waals surface area contributed by atoms with Gasteiger partial charge >= 0.3 is 12.1 Å². The molecule has 0 spiro atoms.